The zero-order valence-electron chi connectivity index (χ0n) is 14.4. The Morgan fingerprint density at radius 1 is 1.15 bits per heavy atom. The number of rotatable bonds is 4. The number of hydrogen-bond donors (Lipinski definition) is 1. The number of amides is 1. The molecule has 3 aromatic heterocycles. The van der Waals surface area contributed by atoms with E-state index in [2.05, 4.69) is 25.5 Å². The molecule has 1 aromatic carbocycles. The van der Waals surface area contributed by atoms with Gasteiger partial charge in [0.15, 0.2) is 5.82 Å². The lowest BCUT2D eigenvalue weighted by molar-refractivity contribution is -0.117. The minimum absolute atomic E-state index is 0.212. The topological polar surface area (TPSA) is 108 Å². The van der Waals surface area contributed by atoms with E-state index in [4.69, 9.17) is 0 Å². The summed E-state index contributed by atoms with van der Waals surface area (Å²) in [6.07, 6.45) is 4.45. The molecule has 0 fully saturated rings. The van der Waals surface area contributed by atoms with Crippen LogP contribution in [-0.2, 0) is 11.3 Å². The second kappa shape index (κ2) is 6.79. The largest absolute Gasteiger partial charge is 0.321 e. The molecule has 27 heavy (non-hydrogen) atoms. The summed E-state index contributed by atoms with van der Waals surface area (Å²) in [6, 6.07) is 10.6. The zero-order chi connectivity index (χ0) is 18.8. The van der Waals surface area contributed by atoms with Crippen molar-refractivity contribution in [3.63, 3.8) is 0 Å². The van der Waals surface area contributed by atoms with E-state index in [-0.39, 0.29) is 12.1 Å². The summed E-state index contributed by atoms with van der Waals surface area (Å²) in [6.45, 7) is 1.59. The first-order chi connectivity index (χ1) is 13.1. The normalized spacial score (nSPS) is 10.9. The Labute approximate surface area is 153 Å². The Morgan fingerprint density at radius 2 is 1.96 bits per heavy atom. The number of carbonyl (C=O) groups is 1. The summed E-state index contributed by atoms with van der Waals surface area (Å²) in [5.41, 5.74) is 0.829. The predicted octanol–water partition coefficient (Wildman–Crippen LogP) is 1.32. The number of pyridine rings is 1. The molecule has 4 rings (SSSR count). The molecular weight excluding hydrogens is 346 g/mol. The number of nitrogens with zero attached hydrogens (tertiary/aromatic N) is 6. The van der Waals surface area contributed by atoms with Gasteiger partial charge < -0.3 is 5.32 Å². The van der Waals surface area contributed by atoms with Gasteiger partial charge in [0.2, 0.25) is 5.91 Å². The number of carbonyl (C=O) groups excluding carboxylic acids is 1. The molecule has 0 spiro atoms. The monoisotopic (exact) mass is 361 g/mol. The Morgan fingerprint density at radius 3 is 2.74 bits per heavy atom. The molecule has 0 aliphatic heterocycles. The number of nitrogens with one attached hydrogen (secondary N) is 1. The van der Waals surface area contributed by atoms with Crippen molar-refractivity contribution in [2.75, 3.05) is 5.32 Å². The SMILES string of the molecule is Cc1nn(CC(=O)Nc2cccnc2-n2cncn2)c(=O)c2ccccc12. The van der Waals surface area contributed by atoms with Gasteiger partial charge in [-0.1, -0.05) is 18.2 Å². The molecule has 0 atom stereocenters. The second-order valence-corrected chi connectivity index (χ2v) is 5.86. The molecule has 0 aliphatic carbocycles. The third-order valence-electron chi connectivity index (χ3n) is 4.04. The highest BCUT2D eigenvalue weighted by molar-refractivity contribution is 5.92. The lowest BCUT2D eigenvalue weighted by Gasteiger charge is -2.11. The van der Waals surface area contributed by atoms with Crippen LogP contribution in [0, 0.1) is 6.92 Å². The van der Waals surface area contributed by atoms with Crippen LogP contribution in [0.3, 0.4) is 0 Å². The van der Waals surface area contributed by atoms with E-state index in [0.29, 0.717) is 22.6 Å². The van der Waals surface area contributed by atoms with Gasteiger partial charge in [0, 0.05) is 11.6 Å². The van der Waals surface area contributed by atoms with E-state index in [1.54, 1.807) is 37.4 Å². The van der Waals surface area contributed by atoms with Crippen LogP contribution in [0.15, 0.2) is 60.0 Å². The summed E-state index contributed by atoms with van der Waals surface area (Å²) in [4.78, 5) is 33.2. The highest BCUT2D eigenvalue weighted by atomic mass is 16.2. The van der Waals surface area contributed by atoms with Gasteiger partial charge in [0.1, 0.15) is 19.2 Å². The Bertz CT molecular complexity index is 1180. The maximum atomic E-state index is 12.6. The zero-order valence-corrected chi connectivity index (χ0v) is 14.4. The smallest absolute Gasteiger partial charge is 0.275 e. The summed E-state index contributed by atoms with van der Waals surface area (Å²) in [5, 5.41) is 12.3. The molecule has 0 aliphatic rings. The molecule has 3 heterocycles. The first-order valence-corrected chi connectivity index (χ1v) is 8.20. The van der Waals surface area contributed by atoms with Gasteiger partial charge in [-0.15, -0.1) is 0 Å². The summed E-state index contributed by atoms with van der Waals surface area (Å²) < 4.78 is 2.61. The molecule has 0 saturated carbocycles. The highest BCUT2D eigenvalue weighted by Gasteiger charge is 2.13. The Balaban J connectivity index is 1.62. The number of aryl methyl sites for hydroxylation is 1. The van der Waals surface area contributed by atoms with Crippen LogP contribution in [0.2, 0.25) is 0 Å². The highest BCUT2D eigenvalue weighted by Crippen LogP contribution is 2.16. The van der Waals surface area contributed by atoms with Crippen molar-refractivity contribution in [3.8, 4) is 5.82 Å². The van der Waals surface area contributed by atoms with Gasteiger partial charge in [-0.2, -0.15) is 10.2 Å². The second-order valence-electron chi connectivity index (χ2n) is 5.86. The standard InChI is InChI=1S/C18H15N7O2/c1-12-13-5-2-3-6-14(13)18(27)24(23-12)9-16(26)22-15-7-4-8-20-17(15)25-11-19-10-21-25/h2-8,10-11H,9H2,1H3,(H,22,26). The molecule has 1 amide bonds. The summed E-state index contributed by atoms with van der Waals surface area (Å²) in [7, 11) is 0. The van der Waals surface area contributed by atoms with E-state index >= 15 is 0 Å². The van der Waals surface area contributed by atoms with Gasteiger partial charge in [-0.3, -0.25) is 9.59 Å². The molecule has 1 N–H and O–H groups in total. The Hall–Kier alpha value is -3.88. The van der Waals surface area contributed by atoms with Crippen molar-refractivity contribution in [2.24, 2.45) is 0 Å². The molecule has 9 heteroatoms. The maximum absolute atomic E-state index is 12.6. The average molecular weight is 361 g/mol. The predicted molar refractivity (Wildman–Crippen MR) is 98.5 cm³/mol. The van der Waals surface area contributed by atoms with Crippen molar-refractivity contribution in [3.05, 3.63) is 71.3 Å². The lowest BCUT2D eigenvalue weighted by atomic mass is 10.1. The fraction of sp³-hybridized carbons (Fsp3) is 0.111. The van der Waals surface area contributed by atoms with E-state index in [1.807, 2.05) is 12.1 Å². The summed E-state index contributed by atoms with van der Waals surface area (Å²) in [5.74, 6) is 0.0343. The number of fused-ring (bicyclic) bond motifs is 1. The van der Waals surface area contributed by atoms with Gasteiger partial charge in [0.25, 0.3) is 5.56 Å². The van der Waals surface area contributed by atoms with Crippen LogP contribution in [0.1, 0.15) is 5.69 Å². The molecule has 134 valence electrons. The van der Waals surface area contributed by atoms with Gasteiger partial charge in [-0.05, 0) is 25.1 Å². The Kier molecular flexibility index (Phi) is 4.17. The van der Waals surface area contributed by atoms with Crippen molar-refractivity contribution in [1.82, 2.24) is 29.5 Å². The first kappa shape index (κ1) is 16.6. The van der Waals surface area contributed by atoms with Crippen molar-refractivity contribution in [2.45, 2.75) is 13.5 Å². The molecule has 0 unspecified atom stereocenters. The van der Waals surface area contributed by atoms with Gasteiger partial charge in [-0.25, -0.2) is 19.3 Å². The minimum atomic E-state index is -0.395. The van der Waals surface area contributed by atoms with E-state index in [0.717, 1.165) is 5.39 Å². The fourth-order valence-electron chi connectivity index (χ4n) is 2.83. The molecule has 0 radical (unpaired) electrons. The summed E-state index contributed by atoms with van der Waals surface area (Å²) >= 11 is 0. The van der Waals surface area contributed by atoms with Crippen molar-refractivity contribution >= 4 is 22.4 Å². The van der Waals surface area contributed by atoms with Gasteiger partial charge >= 0.3 is 0 Å². The number of benzene rings is 1. The van der Waals surface area contributed by atoms with E-state index in [9.17, 15) is 9.59 Å². The fourth-order valence-corrected chi connectivity index (χ4v) is 2.83. The van der Waals surface area contributed by atoms with Crippen LogP contribution < -0.4 is 10.9 Å². The van der Waals surface area contributed by atoms with Gasteiger partial charge in [0.05, 0.1) is 16.8 Å². The van der Waals surface area contributed by atoms with Crippen LogP contribution in [0.4, 0.5) is 5.69 Å². The average Bonchev–Trinajstić information content (AvgIpc) is 3.21. The molecule has 9 nitrogen and oxygen atoms in total. The van der Waals surface area contributed by atoms with Crippen LogP contribution in [0.5, 0.6) is 0 Å². The molecule has 4 aromatic rings. The van der Waals surface area contributed by atoms with Crippen molar-refractivity contribution in [1.29, 1.82) is 0 Å². The lowest BCUT2D eigenvalue weighted by Crippen LogP contribution is -2.30. The van der Waals surface area contributed by atoms with Crippen LogP contribution >= 0.6 is 0 Å². The number of aromatic nitrogens is 6. The minimum Gasteiger partial charge on any atom is -0.321 e. The van der Waals surface area contributed by atoms with Crippen LogP contribution in [-0.4, -0.2) is 35.4 Å². The quantitative estimate of drug-likeness (QED) is 0.587. The van der Waals surface area contributed by atoms with E-state index < -0.39 is 5.91 Å². The number of anilines is 1. The maximum Gasteiger partial charge on any atom is 0.275 e. The third-order valence-corrected chi connectivity index (χ3v) is 4.04. The van der Waals surface area contributed by atoms with Crippen molar-refractivity contribution < 1.29 is 4.79 Å². The third kappa shape index (κ3) is 3.17. The first-order valence-electron chi connectivity index (χ1n) is 8.20. The van der Waals surface area contributed by atoms with Crippen LogP contribution in [0.25, 0.3) is 16.6 Å². The molecular formula is C18H15N7O2. The van der Waals surface area contributed by atoms with E-state index in [1.165, 1.54) is 22.0 Å². The molecule has 0 bridgehead atoms. The number of hydrogen-bond acceptors (Lipinski definition) is 6. The molecule has 0 saturated heterocycles.